The molecule has 22 heavy (non-hydrogen) atoms. The molecule has 2 unspecified atom stereocenters. The molecule has 122 valence electrons. The molecular formula is C10H15F2N6O3P. The van der Waals surface area contributed by atoms with Crippen molar-refractivity contribution >= 4 is 8.25 Å². The van der Waals surface area contributed by atoms with Gasteiger partial charge in [0.15, 0.2) is 11.6 Å². The van der Waals surface area contributed by atoms with E-state index in [1.807, 2.05) is 0 Å². The number of hydrogen-bond acceptors (Lipinski definition) is 7. The summed E-state index contributed by atoms with van der Waals surface area (Å²) in [4.78, 5) is 7.65. The van der Waals surface area contributed by atoms with Gasteiger partial charge in [-0.15, -0.1) is 0 Å². The van der Waals surface area contributed by atoms with Gasteiger partial charge in [0.05, 0.1) is 13.3 Å². The minimum atomic E-state index is -3.05. The molecule has 0 aliphatic carbocycles. The molecule has 0 spiro atoms. The van der Waals surface area contributed by atoms with Gasteiger partial charge < -0.3 is 0 Å². The summed E-state index contributed by atoms with van der Waals surface area (Å²) in [5.41, 5.74) is 0. The van der Waals surface area contributed by atoms with E-state index in [4.69, 9.17) is 9.05 Å². The largest absolute Gasteiger partial charge is 0.320 e. The van der Waals surface area contributed by atoms with Crippen LogP contribution >= 0.6 is 8.25 Å². The van der Waals surface area contributed by atoms with Crippen LogP contribution in [0.4, 0.5) is 8.78 Å². The van der Waals surface area contributed by atoms with Crippen LogP contribution in [-0.4, -0.2) is 43.7 Å². The molecule has 0 bridgehead atoms. The maximum atomic E-state index is 12.5. The highest BCUT2D eigenvalue weighted by atomic mass is 31.1. The molecule has 0 saturated carbocycles. The first-order valence-corrected chi connectivity index (χ1v) is 7.67. The van der Waals surface area contributed by atoms with E-state index in [-0.39, 0.29) is 24.5 Å². The number of aromatic amines is 2. The summed E-state index contributed by atoms with van der Waals surface area (Å²) in [6, 6.07) is 0. The number of nitrogens with zero attached hydrogens (tertiary/aromatic N) is 4. The minimum Gasteiger partial charge on any atom is -0.299 e. The second-order valence-electron chi connectivity index (χ2n) is 4.13. The lowest BCUT2D eigenvalue weighted by Crippen LogP contribution is -2.07. The fourth-order valence-corrected chi connectivity index (χ4v) is 2.65. The van der Waals surface area contributed by atoms with Crippen LogP contribution in [0.3, 0.4) is 0 Å². The van der Waals surface area contributed by atoms with Gasteiger partial charge in [0.25, 0.3) is 0 Å². The van der Waals surface area contributed by atoms with E-state index in [9.17, 15) is 13.3 Å². The van der Waals surface area contributed by atoms with Gasteiger partial charge in [-0.05, 0) is 0 Å². The Morgan fingerprint density at radius 2 is 1.45 bits per heavy atom. The van der Waals surface area contributed by atoms with Gasteiger partial charge in [-0.25, -0.2) is 9.97 Å². The molecule has 0 saturated heterocycles. The molecule has 12 heteroatoms. The van der Waals surface area contributed by atoms with Crippen molar-refractivity contribution in [3.05, 3.63) is 24.3 Å². The number of hydrogen-bond donors (Lipinski definition) is 2. The molecule has 0 amide bonds. The summed E-state index contributed by atoms with van der Waals surface area (Å²) in [6.07, 6.45) is 0.600. The molecule has 2 heterocycles. The van der Waals surface area contributed by atoms with Crippen LogP contribution in [0.15, 0.2) is 12.7 Å². The van der Waals surface area contributed by atoms with Gasteiger partial charge in [0.2, 0.25) is 0 Å². The van der Waals surface area contributed by atoms with Gasteiger partial charge >= 0.3 is 8.25 Å². The monoisotopic (exact) mass is 336 g/mol. The second-order valence-corrected chi connectivity index (χ2v) is 5.10. The van der Waals surface area contributed by atoms with Crippen molar-refractivity contribution in [2.75, 3.05) is 13.3 Å². The van der Waals surface area contributed by atoms with E-state index in [1.165, 1.54) is 12.7 Å². The second kappa shape index (κ2) is 8.66. The SMILES string of the molecule is O=[PH](OC(CCF)c1nc[nH]n1)OC(CCF)c1nc[nH]n1. The Balaban J connectivity index is 1.97. The van der Waals surface area contributed by atoms with E-state index < -0.39 is 33.8 Å². The summed E-state index contributed by atoms with van der Waals surface area (Å²) >= 11 is 0. The predicted molar refractivity (Wildman–Crippen MR) is 70.6 cm³/mol. The lowest BCUT2D eigenvalue weighted by Gasteiger charge is -2.16. The van der Waals surface area contributed by atoms with E-state index in [0.29, 0.717) is 0 Å². The highest BCUT2D eigenvalue weighted by molar-refractivity contribution is 7.33. The fraction of sp³-hybridized carbons (Fsp3) is 0.600. The predicted octanol–water partition coefficient (Wildman–Crippen LogP) is 1.85. The number of rotatable bonds is 10. The quantitative estimate of drug-likeness (QED) is 0.635. The highest BCUT2D eigenvalue weighted by Crippen LogP contribution is 2.39. The zero-order valence-electron chi connectivity index (χ0n) is 11.4. The van der Waals surface area contributed by atoms with Crippen LogP contribution in [0.2, 0.25) is 0 Å². The zero-order chi connectivity index (χ0) is 15.8. The molecule has 0 aliphatic heterocycles. The topological polar surface area (TPSA) is 119 Å². The van der Waals surface area contributed by atoms with Gasteiger partial charge in [-0.1, -0.05) is 0 Å². The molecule has 9 nitrogen and oxygen atoms in total. The molecular weight excluding hydrogens is 321 g/mol. The third-order valence-corrected chi connectivity index (χ3v) is 3.62. The molecule has 0 aromatic carbocycles. The van der Waals surface area contributed by atoms with Crippen molar-refractivity contribution in [3.8, 4) is 0 Å². The van der Waals surface area contributed by atoms with Crippen molar-refractivity contribution in [1.82, 2.24) is 30.4 Å². The van der Waals surface area contributed by atoms with E-state index in [0.717, 1.165) is 0 Å². The van der Waals surface area contributed by atoms with Crippen molar-refractivity contribution < 1.29 is 22.4 Å². The van der Waals surface area contributed by atoms with Crippen LogP contribution in [0.5, 0.6) is 0 Å². The lowest BCUT2D eigenvalue weighted by molar-refractivity contribution is 0.106. The normalized spacial score (nSPS) is 15.5. The summed E-state index contributed by atoms with van der Waals surface area (Å²) in [7, 11) is -3.05. The Kier molecular flexibility index (Phi) is 6.56. The van der Waals surface area contributed by atoms with E-state index in [2.05, 4.69) is 30.4 Å². The molecule has 2 atom stereocenters. The number of alkyl halides is 2. The molecule has 2 rings (SSSR count). The zero-order valence-corrected chi connectivity index (χ0v) is 12.4. The van der Waals surface area contributed by atoms with Gasteiger partial charge in [-0.2, -0.15) is 10.2 Å². The first-order valence-electron chi connectivity index (χ1n) is 6.45. The fourth-order valence-electron chi connectivity index (χ4n) is 1.69. The Morgan fingerprint density at radius 3 is 1.77 bits per heavy atom. The summed E-state index contributed by atoms with van der Waals surface area (Å²) in [6.45, 7) is -1.41. The van der Waals surface area contributed by atoms with Crippen molar-refractivity contribution in [2.45, 2.75) is 25.0 Å². The highest BCUT2D eigenvalue weighted by Gasteiger charge is 2.23. The molecule has 2 N–H and O–H groups in total. The summed E-state index contributed by atoms with van der Waals surface area (Å²) in [5.74, 6) is 0.332. The van der Waals surface area contributed by atoms with E-state index in [1.54, 1.807) is 0 Å². The number of nitrogens with one attached hydrogen (secondary N) is 2. The standard InChI is InChI=1S/C10H15F2N6O3P/c11-3-1-7(9-13-5-15-17-9)20-22(19)21-8(2-4-12)10-14-6-16-18-10/h5-8,22H,1-4H2,(H,13,15,17)(H,14,16,18). The van der Waals surface area contributed by atoms with Crippen molar-refractivity contribution in [1.29, 1.82) is 0 Å². The summed E-state index contributed by atoms with van der Waals surface area (Å²) < 4.78 is 47.4. The summed E-state index contributed by atoms with van der Waals surface area (Å²) in [5, 5.41) is 12.4. The molecule has 2 aromatic rings. The molecule has 2 aromatic heterocycles. The number of aromatic nitrogens is 6. The lowest BCUT2D eigenvalue weighted by atomic mass is 10.2. The third kappa shape index (κ3) is 4.65. The Morgan fingerprint density at radius 1 is 1.00 bits per heavy atom. The van der Waals surface area contributed by atoms with Crippen LogP contribution in [0.25, 0.3) is 0 Å². The minimum absolute atomic E-state index is 0.0773. The van der Waals surface area contributed by atoms with Gasteiger partial charge in [0.1, 0.15) is 24.9 Å². The van der Waals surface area contributed by atoms with Crippen LogP contribution in [0, 0.1) is 0 Å². The van der Waals surface area contributed by atoms with Crippen LogP contribution < -0.4 is 0 Å². The van der Waals surface area contributed by atoms with Crippen LogP contribution in [0.1, 0.15) is 36.7 Å². The first kappa shape index (κ1) is 16.7. The Hall–Kier alpha value is -1.71. The maximum absolute atomic E-state index is 12.5. The average Bonchev–Trinajstić information content (AvgIpc) is 3.20. The maximum Gasteiger partial charge on any atom is 0.320 e. The number of H-pyrrole nitrogens is 2. The molecule has 0 fully saturated rings. The van der Waals surface area contributed by atoms with Crippen LogP contribution in [-0.2, 0) is 13.6 Å². The number of halogens is 2. The Bertz CT molecular complexity index is 507. The van der Waals surface area contributed by atoms with Gasteiger partial charge in [-0.3, -0.25) is 32.6 Å². The smallest absolute Gasteiger partial charge is 0.299 e. The third-order valence-electron chi connectivity index (χ3n) is 2.66. The average molecular weight is 336 g/mol. The molecule has 0 radical (unpaired) electrons. The Labute approximate surface area is 124 Å². The van der Waals surface area contributed by atoms with Crippen molar-refractivity contribution in [2.24, 2.45) is 0 Å². The van der Waals surface area contributed by atoms with Crippen molar-refractivity contribution in [3.63, 3.8) is 0 Å². The first-order chi connectivity index (χ1) is 10.7. The van der Waals surface area contributed by atoms with Gasteiger partial charge in [0, 0.05) is 12.8 Å². The van der Waals surface area contributed by atoms with E-state index >= 15 is 0 Å². The molecule has 0 aliphatic rings.